The van der Waals surface area contributed by atoms with Gasteiger partial charge in [0.05, 0.1) is 0 Å². The van der Waals surface area contributed by atoms with Crippen LogP contribution >= 0.6 is 0 Å². The number of nitrogens with two attached hydrogens (primary N) is 1. The van der Waals surface area contributed by atoms with E-state index in [0.717, 1.165) is 0 Å². The van der Waals surface area contributed by atoms with Crippen LogP contribution in [-0.2, 0) is 4.70 Å². The first-order valence-electron chi connectivity index (χ1n) is 1.05. The van der Waals surface area contributed by atoms with Gasteiger partial charge < -0.3 is 0 Å². The maximum atomic E-state index is 9.05. The molecule has 3 heteroatoms. The SMILES string of the molecule is NCB=O. The van der Waals surface area contributed by atoms with Crippen molar-refractivity contribution in [2.75, 3.05) is 6.44 Å². The van der Waals surface area contributed by atoms with Gasteiger partial charge >= 0.3 is 24.0 Å². The summed E-state index contributed by atoms with van der Waals surface area (Å²) in [7, 11) is 0.653. The van der Waals surface area contributed by atoms with Crippen LogP contribution in [0.4, 0.5) is 0 Å². The van der Waals surface area contributed by atoms with Crippen molar-refractivity contribution in [3.63, 3.8) is 0 Å². The van der Waals surface area contributed by atoms with E-state index in [1.165, 1.54) is 0 Å². The van der Waals surface area contributed by atoms with Gasteiger partial charge in [0.25, 0.3) is 0 Å². The van der Waals surface area contributed by atoms with Crippen LogP contribution in [0.15, 0.2) is 0 Å². The number of hydrogen-bond acceptors (Lipinski definition) is 2. The Labute approximate surface area is 25.2 Å². The quantitative estimate of drug-likeness (QED) is 0.390. The molecule has 0 bridgehead atoms. The second-order valence-electron chi connectivity index (χ2n) is 0.402. The molecule has 0 fully saturated rings. The summed E-state index contributed by atoms with van der Waals surface area (Å²) in [5, 5.41) is 0. The van der Waals surface area contributed by atoms with Crippen molar-refractivity contribution in [3.8, 4) is 0 Å². The molecule has 2 nitrogen and oxygen atoms in total. The summed E-state index contributed by atoms with van der Waals surface area (Å²) in [6, 6.07) is 0. The van der Waals surface area contributed by atoms with Gasteiger partial charge in [-0.05, 0) is 0 Å². The Morgan fingerprint density at radius 3 is 2.25 bits per heavy atom. The first-order chi connectivity index (χ1) is 1.91. The molecule has 0 unspecified atom stereocenters. The molecule has 0 aromatic heterocycles. The van der Waals surface area contributed by atoms with Gasteiger partial charge in [-0.25, -0.2) is 0 Å². The van der Waals surface area contributed by atoms with Crippen molar-refractivity contribution in [3.05, 3.63) is 0 Å². The Kier molecular flexibility index (Phi) is 2.70. The van der Waals surface area contributed by atoms with Crippen molar-refractivity contribution >= 4 is 7.15 Å². The summed E-state index contributed by atoms with van der Waals surface area (Å²) in [5.41, 5.74) is 4.66. The molecule has 0 aromatic rings. The molecule has 0 aliphatic carbocycles. The first kappa shape index (κ1) is 3.82. The Bertz CT molecular complexity index is 22.0. The van der Waals surface area contributed by atoms with Crippen LogP contribution in [0, 0.1) is 0 Å². The van der Waals surface area contributed by atoms with Crippen molar-refractivity contribution in [1.82, 2.24) is 0 Å². The molecular formula is CH4BNO. The Morgan fingerprint density at radius 2 is 2.25 bits per heavy atom. The van der Waals surface area contributed by atoms with E-state index in [4.69, 9.17) is 4.70 Å². The van der Waals surface area contributed by atoms with Crippen LogP contribution < -0.4 is 5.73 Å². The summed E-state index contributed by atoms with van der Waals surface area (Å²) in [5.74, 6) is 0. The van der Waals surface area contributed by atoms with E-state index in [9.17, 15) is 0 Å². The minimum absolute atomic E-state index is 0.139. The fraction of sp³-hybridized carbons (Fsp3) is 1.00. The second-order valence-corrected chi connectivity index (χ2v) is 0.402. The average molecular weight is 56.9 g/mol. The molecule has 4 heavy (non-hydrogen) atoms. The van der Waals surface area contributed by atoms with Gasteiger partial charge in [-0.2, -0.15) is 0 Å². The molecule has 0 aromatic carbocycles. The van der Waals surface area contributed by atoms with Crippen molar-refractivity contribution in [1.29, 1.82) is 0 Å². The van der Waals surface area contributed by atoms with Crippen LogP contribution in [0.3, 0.4) is 0 Å². The normalized spacial score (nSPS) is 5.25. The molecular weight excluding hydrogens is 52.8 g/mol. The summed E-state index contributed by atoms with van der Waals surface area (Å²) < 4.78 is 9.05. The summed E-state index contributed by atoms with van der Waals surface area (Å²) in [6.07, 6.45) is 0.139. The number of hydrogen-bond donors (Lipinski definition) is 1. The van der Waals surface area contributed by atoms with Gasteiger partial charge in [-0.3, -0.25) is 0 Å². The average Bonchev–Trinajstić information content (AvgIpc) is 1.37. The molecule has 0 radical (unpaired) electrons. The molecule has 0 saturated heterocycles. The van der Waals surface area contributed by atoms with Gasteiger partial charge in [-0.15, -0.1) is 0 Å². The van der Waals surface area contributed by atoms with E-state index in [1.54, 1.807) is 0 Å². The minimum atomic E-state index is 0.139. The van der Waals surface area contributed by atoms with E-state index >= 15 is 0 Å². The summed E-state index contributed by atoms with van der Waals surface area (Å²) >= 11 is 0. The molecule has 0 atom stereocenters. The second kappa shape index (κ2) is 2.82. The molecule has 22 valence electrons. The molecule has 0 rings (SSSR count). The third-order valence-corrected chi connectivity index (χ3v) is 0.0962. The Morgan fingerprint density at radius 1 is 2.00 bits per heavy atom. The topological polar surface area (TPSA) is 43.1 Å². The van der Waals surface area contributed by atoms with Crippen molar-refractivity contribution in [2.24, 2.45) is 5.73 Å². The third-order valence-electron chi connectivity index (χ3n) is 0.0962. The van der Waals surface area contributed by atoms with Gasteiger partial charge in [0, 0.05) is 0 Å². The fourth-order valence-corrected chi connectivity index (χ4v) is 0. The van der Waals surface area contributed by atoms with E-state index < -0.39 is 0 Å². The maximum absolute atomic E-state index is 9.05. The third kappa shape index (κ3) is 1.82. The molecule has 0 heterocycles. The summed E-state index contributed by atoms with van der Waals surface area (Å²) in [6.45, 7) is 0. The predicted molar refractivity (Wildman–Crippen MR) is 15.5 cm³/mol. The van der Waals surface area contributed by atoms with Crippen molar-refractivity contribution < 1.29 is 4.70 Å². The van der Waals surface area contributed by atoms with Gasteiger partial charge in [0.1, 0.15) is 0 Å². The van der Waals surface area contributed by atoms with Crippen molar-refractivity contribution in [2.45, 2.75) is 0 Å². The molecule has 0 aliphatic rings. The van der Waals surface area contributed by atoms with Gasteiger partial charge in [0.15, 0.2) is 0 Å². The van der Waals surface area contributed by atoms with Crippen LogP contribution in [0.25, 0.3) is 0 Å². The molecule has 0 amide bonds. The van der Waals surface area contributed by atoms with Crippen LogP contribution in [0.5, 0.6) is 0 Å². The fourth-order valence-electron chi connectivity index (χ4n) is 0. The van der Waals surface area contributed by atoms with E-state index in [0.29, 0.717) is 7.15 Å². The van der Waals surface area contributed by atoms with Crippen LogP contribution in [0.1, 0.15) is 0 Å². The van der Waals surface area contributed by atoms with Gasteiger partial charge in [0.2, 0.25) is 0 Å². The molecule has 0 saturated carbocycles. The molecule has 0 spiro atoms. The first-order valence-corrected chi connectivity index (χ1v) is 1.05. The summed E-state index contributed by atoms with van der Waals surface area (Å²) in [4.78, 5) is 0. The monoisotopic (exact) mass is 57.0 g/mol. The molecule has 0 aliphatic heterocycles. The Hall–Kier alpha value is -0.175. The van der Waals surface area contributed by atoms with E-state index in [2.05, 4.69) is 5.73 Å². The zero-order valence-corrected chi connectivity index (χ0v) is 2.27. The predicted octanol–water partition coefficient (Wildman–Crippen LogP) is -1.05. The zero-order valence-electron chi connectivity index (χ0n) is 2.27. The number of rotatable bonds is 1. The van der Waals surface area contributed by atoms with Gasteiger partial charge in [-0.1, -0.05) is 0 Å². The Balaban J connectivity index is 2.30. The van der Waals surface area contributed by atoms with Crippen LogP contribution in [-0.4, -0.2) is 13.6 Å². The van der Waals surface area contributed by atoms with Crippen LogP contribution in [0.2, 0.25) is 0 Å². The standard InChI is InChI=1S/CH4BNO/c3-1-2-4/h1,3H2. The zero-order chi connectivity index (χ0) is 3.41. The van der Waals surface area contributed by atoms with E-state index in [-0.39, 0.29) is 6.44 Å². The molecule has 2 N–H and O–H groups in total. The van der Waals surface area contributed by atoms with E-state index in [1.807, 2.05) is 0 Å².